The predicted octanol–water partition coefficient (Wildman–Crippen LogP) is 3.25. The zero-order chi connectivity index (χ0) is 9.54. The molecule has 2 atom stereocenters. The molecule has 3 rings (SSSR count). The van der Waals surface area contributed by atoms with E-state index in [9.17, 15) is 0 Å². The molecule has 0 N–H and O–H groups in total. The van der Waals surface area contributed by atoms with Crippen molar-refractivity contribution in [3.63, 3.8) is 0 Å². The number of fused-ring (bicyclic) bond motifs is 3. The number of benzene rings is 1. The molecule has 72 valence electrons. The van der Waals surface area contributed by atoms with Gasteiger partial charge in [0.05, 0.1) is 12.7 Å². The summed E-state index contributed by atoms with van der Waals surface area (Å²) in [6.45, 7) is 0.826. The van der Waals surface area contributed by atoms with Crippen molar-refractivity contribution in [2.45, 2.75) is 12.5 Å². The van der Waals surface area contributed by atoms with E-state index >= 15 is 0 Å². The van der Waals surface area contributed by atoms with Crippen LogP contribution in [-0.2, 0) is 11.2 Å². The highest BCUT2D eigenvalue weighted by atomic mass is 127. The van der Waals surface area contributed by atoms with Crippen molar-refractivity contribution in [1.82, 2.24) is 0 Å². The molecule has 1 aliphatic heterocycles. The molecule has 1 saturated heterocycles. The fourth-order valence-corrected chi connectivity index (χ4v) is 3.14. The average Bonchev–Trinajstić information content (AvgIpc) is 2.75. The van der Waals surface area contributed by atoms with Crippen molar-refractivity contribution in [2.24, 2.45) is 5.92 Å². The van der Waals surface area contributed by atoms with E-state index in [2.05, 4.69) is 50.9 Å². The summed E-state index contributed by atoms with van der Waals surface area (Å²) in [4.78, 5) is 0. The van der Waals surface area contributed by atoms with Gasteiger partial charge in [-0.25, -0.2) is 0 Å². The molecular formula is C12H11IO. The first kappa shape index (κ1) is 8.92. The third-order valence-electron chi connectivity index (χ3n) is 3.21. The van der Waals surface area contributed by atoms with Crippen LogP contribution in [-0.4, -0.2) is 6.61 Å². The van der Waals surface area contributed by atoms with Gasteiger partial charge in [-0.05, 0) is 27.2 Å². The molecule has 1 aromatic carbocycles. The van der Waals surface area contributed by atoms with Crippen LogP contribution in [0.2, 0.25) is 0 Å². The summed E-state index contributed by atoms with van der Waals surface area (Å²) < 4.78 is 8.02. The van der Waals surface area contributed by atoms with Crippen LogP contribution in [0.25, 0.3) is 0 Å². The molecule has 0 radical (unpaired) electrons. The summed E-state index contributed by atoms with van der Waals surface area (Å²) >= 11 is 2.32. The van der Waals surface area contributed by atoms with E-state index < -0.39 is 0 Å². The lowest BCUT2D eigenvalue weighted by atomic mass is 9.99. The third-order valence-corrected chi connectivity index (χ3v) is 4.01. The van der Waals surface area contributed by atoms with Gasteiger partial charge in [-0.1, -0.05) is 46.9 Å². The van der Waals surface area contributed by atoms with Gasteiger partial charge >= 0.3 is 0 Å². The Kier molecular flexibility index (Phi) is 2.13. The van der Waals surface area contributed by atoms with Gasteiger partial charge in [-0.3, -0.25) is 0 Å². The summed E-state index contributed by atoms with van der Waals surface area (Å²) in [6.07, 6.45) is 1.50. The van der Waals surface area contributed by atoms with E-state index in [1.807, 2.05) is 0 Å². The molecular weight excluding hydrogens is 287 g/mol. The molecule has 0 spiro atoms. The zero-order valence-corrected chi connectivity index (χ0v) is 9.90. The Hall–Kier alpha value is -0.350. The molecule has 0 amide bonds. The maximum atomic E-state index is 5.83. The van der Waals surface area contributed by atoms with Crippen molar-refractivity contribution in [3.05, 3.63) is 45.0 Å². The first-order chi connectivity index (χ1) is 6.90. The Balaban J connectivity index is 2.05. The molecule has 1 aromatic rings. The van der Waals surface area contributed by atoms with Crippen molar-refractivity contribution < 1.29 is 4.74 Å². The second-order valence-corrected chi connectivity index (χ2v) is 4.55. The highest BCUT2D eigenvalue weighted by molar-refractivity contribution is 14.1. The standard InChI is InChI=1S/C12H11IO/c13-6-9-7-14-12-10-4-2-1-3-8(10)5-11(9)12/h1-4,6,11-12H,5,7H2/b9-6+/t11-,12-/m1/s1. The third kappa shape index (κ3) is 1.17. The monoisotopic (exact) mass is 298 g/mol. The Morgan fingerprint density at radius 3 is 3.07 bits per heavy atom. The fourth-order valence-electron chi connectivity index (χ4n) is 2.50. The highest BCUT2D eigenvalue weighted by Gasteiger charge is 2.39. The SMILES string of the molecule is I/C=C1\CO[C@@H]2c3ccccc3C[C@H]12. The Morgan fingerprint density at radius 2 is 2.21 bits per heavy atom. The van der Waals surface area contributed by atoms with Crippen LogP contribution >= 0.6 is 22.6 Å². The number of hydrogen-bond donors (Lipinski definition) is 0. The molecule has 1 nitrogen and oxygen atoms in total. The van der Waals surface area contributed by atoms with Crippen LogP contribution in [0.5, 0.6) is 0 Å². The van der Waals surface area contributed by atoms with Crippen LogP contribution in [0.3, 0.4) is 0 Å². The Labute approximate surface area is 97.3 Å². The maximum Gasteiger partial charge on any atom is 0.0901 e. The second-order valence-electron chi connectivity index (χ2n) is 3.93. The normalized spacial score (nSPS) is 31.9. The topological polar surface area (TPSA) is 9.23 Å². The fraction of sp³-hybridized carbons (Fsp3) is 0.333. The number of halogens is 1. The van der Waals surface area contributed by atoms with Crippen molar-refractivity contribution >= 4 is 22.6 Å². The van der Waals surface area contributed by atoms with Crippen molar-refractivity contribution in [3.8, 4) is 0 Å². The molecule has 0 aromatic heterocycles. The van der Waals surface area contributed by atoms with E-state index in [1.54, 1.807) is 0 Å². The van der Waals surface area contributed by atoms with Gasteiger partial charge in [0.1, 0.15) is 0 Å². The van der Waals surface area contributed by atoms with Gasteiger partial charge in [0.2, 0.25) is 0 Å². The molecule has 0 bridgehead atoms. The lowest BCUT2D eigenvalue weighted by Gasteiger charge is -2.08. The molecule has 14 heavy (non-hydrogen) atoms. The lowest BCUT2D eigenvalue weighted by Crippen LogP contribution is -2.01. The second kappa shape index (κ2) is 3.35. The first-order valence-electron chi connectivity index (χ1n) is 4.88. The predicted molar refractivity (Wildman–Crippen MR) is 64.4 cm³/mol. The van der Waals surface area contributed by atoms with E-state index in [1.165, 1.54) is 16.7 Å². The van der Waals surface area contributed by atoms with E-state index in [0.29, 0.717) is 12.0 Å². The Morgan fingerprint density at radius 1 is 1.36 bits per heavy atom. The van der Waals surface area contributed by atoms with E-state index in [-0.39, 0.29) is 0 Å². The first-order valence-corrected chi connectivity index (χ1v) is 6.13. The van der Waals surface area contributed by atoms with Crippen LogP contribution in [0.1, 0.15) is 17.2 Å². The van der Waals surface area contributed by atoms with Gasteiger partial charge in [0.25, 0.3) is 0 Å². The molecule has 1 fully saturated rings. The highest BCUT2D eigenvalue weighted by Crippen LogP contribution is 2.47. The van der Waals surface area contributed by atoms with Gasteiger partial charge in [-0.15, -0.1) is 0 Å². The zero-order valence-electron chi connectivity index (χ0n) is 7.74. The van der Waals surface area contributed by atoms with Gasteiger partial charge in [0, 0.05) is 5.92 Å². The number of rotatable bonds is 0. The molecule has 0 saturated carbocycles. The Bertz CT molecular complexity index is 397. The van der Waals surface area contributed by atoms with Gasteiger partial charge in [0.15, 0.2) is 0 Å². The molecule has 2 heteroatoms. The smallest absolute Gasteiger partial charge is 0.0901 e. The number of ether oxygens (including phenoxy) is 1. The summed E-state index contributed by atoms with van der Waals surface area (Å²) in [6, 6.07) is 8.65. The minimum atomic E-state index is 0.340. The van der Waals surface area contributed by atoms with E-state index in [0.717, 1.165) is 13.0 Å². The van der Waals surface area contributed by atoms with Crippen molar-refractivity contribution in [2.75, 3.05) is 6.61 Å². The lowest BCUT2D eigenvalue weighted by molar-refractivity contribution is 0.0998. The van der Waals surface area contributed by atoms with Crippen LogP contribution in [0, 0.1) is 5.92 Å². The maximum absolute atomic E-state index is 5.83. The minimum Gasteiger partial charge on any atom is -0.369 e. The largest absolute Gasteiger partial charge is 0.369 e. The average molecular weight is 298 g/mol. The summed E-state index contributed by atoms with van der Waals surface area (Å²) in [5, 5.41) is 0. The summed E-state index contributed by atoms with van der Waals surface area (Å²) in [7, 11) is 0. The van der Waals surface area contributed by atoms with Crippen molar-refractivity contribution in [1.29, 1.82) is 0 Å². The summed E-state index contributed by atoms with van der Waals surface area (Å²) in [5.74, 6) is 0.615. The molecule has 2 aliphatic rings. The molecule has 1 heterocycles. The quantitative estimate of drug-likeness (QED) is 0.668. The van der Waals surface area contributed by atoms with Crippen LogP contribution in [0.4, 0.5) is 0 Å². The minimum absolute atomic E-state index is 0.340. The molecule has 0 unspecified atom stereocenters. The van der Waals surface area contributed by atoms with Gasteiger partial charge in [-0.2, -0.15) is 0 Å². The van der Waals surface area contributed by atoms with E-state index in [4.69, 9.17) is 4.74 Å². The summed E-state index contributed by atoms with van der Waals surface area (Å²) in [5.41, 5.74) is 4.34. The van der Waals surface area contributed by atoms with Gasteiger partial charge < -0.3 is 4.74 Å². The van der Waals surface area contributed by atoms with Crippen LogP contribution < -0.4 is 0 Å². The number of hydrogen-bond acceptors (Lipinski definition) is 1. The van der Waals surface area contributed by atoms with Crippen LogP contribution in [0.15, 0.2) is 33.9 Å². The molecule has 1 aliphatic carbocycles.